The molecule has 2 aliphatic rings. The Balaban J connectivity index is 0.821. The van der Waals surface area contributed by atoms with Crippen molar-refractivity contribution in [3.8, 4) is 34.1 Å². The van der Waals surface area contributed by atoms with Gasteiger partial charge in [0.05, 0.1) is 48.7 Å². The molecule has 0 atom stereocenters. The maximum atomic E-state index is 13.4. The summed E-state index contributed by atoms with van der Waals surface area (Å²) in [6.07, 6.45) is 12.9. The Morgan fingerprint density at radius 2 is 0.700 bits per heavy atom. The minimum absolute atomic E-state index is 0.0631. The molecule has 0 saturated heterocycles. The first kappa shape index (κ1) is 48.1. The zero-order valence-electron chi connectivity index (χ0n) is 38.4. The smallest absolute Gasteiger partial charge is 0.347 e. The molecule has 0 saturated carbocycles. The van der Waals surface area contributed by atoms with E-state index in [2.05, 4.69) is 0 Å². The van der Waals surface area contributed by atoms with Crippen LogP contribution >= 0.6 is 0 Å². The van der Waals surface area contributed by atoms with E-state index in [1.807, 2.05) is 84.9 Å². The van der Waals surface area contributed by atoms with Crippen LogP contribution in [0.15, 0.2) is 146 Å². The van der Waals surface area contributed by atoms with Gasteiger partial charge in [-0.25, -0.2) is 19.2 Å². The summed E-state index contributed by atoms with van der Waals surface area (Å²) in [6.45, 7) is 1.55. The van der Waals surface area contributed by atoms with Gasteiger partial charge in [0.25, 0.3) is 0 Å². The Hall–Kier alpha value is -8.38. The predicted molar refractivity (Wildman–Crippen MR) is 263 cm³/mol. The molecule has 0 aliphatic carbocycles. The molecule has 6 aromatic rings. The number of carbonyl (C=O) groups is 6. The monoisotopic (exact) mass is 938 g/mol. The molecule has 354 valence electrons. The zero-order chi connectivity index (χ0) is 48.7. The highest BCUT2D eigenvalue weighted by molar-refractivity contribution is 6.17. The van der Waals surface area contributed by atoms with E-state index >= 15 is 0 Å². The second-order valence-electron chi connectivity index (χ2n) is 16.6. The molecule has 0 radical (unpaired) electrons. The summed E-state index contributed by atoms with van der Waals surface area (Å²) < 4.78 is 34.8. The fourth-order valence-electron chi connectivity index (χ4n) is 7.83. The van der Waals surface area contributed by atoms with E-state index in [1.54, 1.807) is 48.6 Å². The van der Waals surface area contributed by atoms with Crippen LogP contribution in [-0.2, 0) is 9.47 Å². The van der Waals surface area contributed by atoms with Crippen LogP contribution in [0, 0.1) is 0 Å². The highest BCUT2D eigenvalue weighted by Gasteiger charge is 2.35. The molecule has 0 spiro atoms. The molecule has 8 rings (SSSR count). The SMILES string of the molecule is O=C(C=Cc1ccc(OCCCCCCOc2cc3c4cc2-c2cc(c(cc2OCCCCCCOc2ccc(C=CC(=O)c5ccccc5)cc2)C(=O)OC3=O)C(=O)OC4=O)cc1)c1ccccc1. The molecule has 0 amide bonds. The van der Waals surface area contributed by atoms with E-state index in [-0.39, 0.29) is 58.5 Å². The van der Waals surface area contributed by atoms with Gasteiger partial charge in [0, 0.05) is 22.3 Å². The van der Waals surface area contributed by atoms with Crippen molar-refractivity contribution in [2.45, 2.75) is 51.4 Å². The number of carbonyl (C=O) groups excluding carboxylic acids is 6. The molecule has 12 heteroatoms. The zero-order valence-corrected chi connectivity index (χ0v) is 38.4. The summed E-state index contributed by atoms with van der Waals surface area (Å²) in [5.41, 5.74) is 2.76. The van der Waals surface area contributed by atoms with Gasteiger partial charge < -0.3 is 28.4 Å². The minimum Gasteiger partial charge on any atom is -0.494 e. The van der Waals surface area contributed by atoms with Gasteiger partial charge in [-0.15, -0.1) is 0 Å². The van der Waals surface area contributed by atoms with Crippen molar-refractivity contribution in [2.75, 3.05) is 26.4 Å². The molecule has 0 fully saturated rings. The molecule has 6 aromatic carbocycles. The van der Waals surface area contributed by atoms with E-state index in [0.717, 1.165) is 61.2 Å². The molecule has 0 unspecified atom stereocenters. The van der Waals surface area contributed by atoms with Crippen LogP contribution in [0.2, 0.25) is 0 Å². The lowest BCUT2D eigenvalue weighted by Crippen LogP contribution is -2.23. The Morgan fingerprint density at radius 3 is 1.06 bits per heavy atom. The first-order chi connectivity index (χ1) is 34.2. The fourth-order valence-corrected chi connectivity index (χ4v) is 7.83. The summed E-state index contributed by atoms with van der Waals surface area (Å²) in [4.78, 5) is 78.1. The van der Waals surface area contributed by atoms with Crippen LogP contribution < -0.4 is 18.9 Å². The second kappa shape index (κ2) is 23.6. The Labute approximate surface area is 405 Å². The highest BCUT2D eigenvalue weighted by atomic mass is 16.6. The quantitative estimate of drug-likeness (QED) is 0.0186. The number of ether oxygens (including phenoxy) is 6. The van der Waals surface area contributed by atoms with Crippen molar-refractivity contribution in [3.05, 3.63) is 190 Å². The van der Waals surface area contributed by atoms with Gasteiger partial charge in [0.2, 0.25) is 0 Å². The third-order valence-corrected chi connectivity index (χ3v) is 11.6. The highest BCUT2D eigenvalue weighted by Crippen LogP contribution is 2.43. The van der Waals surface area contributed by atoms with Crippen LogP contribution in [-0.4, -0.2) is 61.9 Å². The maximum absolute atomic E-state index is 13.4. The third-order valence-electron chi connectivity index (χ3n) is 11.6. The van der Waals surface area contributed by atoms with E-state index in [4.69, 9.17) is 28.4 Å². The number of fused-ring (bicyclic) bond motifs is 5. The van der Waals surface area contributed by atoms with Gasteiger partial charge in [0.15, 0.2) is 11.6 Å². The number of rotatable bonds is 24. The molecule has 70 heavy (non-hydrogen) atoms. The van der Waals surface area contributed by atoms with Crippen LogP contribution in [0.4, 0.5) is 0 Å². The standard InChI is InChI=1S/C58H50O12/c59-51(41-15-7-5-8-16-41)29-23-39-19-25-43(26-20-39)65-31-11-1-3-13-33-67-53-37-49-47-35-45(53)46-36-48(56(62)69-55(47)61)50(58(64)70-57(49)63)38-54(46)68-34-14-4-2-12-32-66-44-27-21-40(22-28-44)24-30-52(60)42-17-9-6-10-18-42/h5-10,15-30,35-38H,1-4,11-14,31-34H2. The van der Waals surface area contributed by atoms with Crippen LogP contribution in [0.3, 0.4) is 0 Å². The van der Waals surface area contributed by atoms with E-state index in [0.29, 0.717) is 48.3 Å². The first-order valence-corrected chi connectivity index (χ1v) is 23.4. The Bertz CT molecular complexity index is 2720. The number of unbranched alkanes of at least 4 members (excludes halogenated alkanes) is 6. The summed E-state index contributed by atoms with van der Waals surface area (Å²) in [7, 11) is 0. The van der Waals surface area contributed by atoms with Gasteiger partial charge >= 0.3 is 23.9 Å². The number of hydrogen-bond acceptors (Lipinski definition) is 12. The van der Waals surface area contributed by atoms with Gasteiger partial charge in [-0.1, -0.05) is 97.1 Å². The minimum atomic E-state index is -1.09. The average molecular weight is 939 g/mol. The predicted octanol–water partition coefficient (Wildman–Crippen LogP) is 11.8. The molecular formula is C58H50O12. The van der Waals surface area contributed by atoms with Gasteiger partial charge in [-0.2, -0.15) is 0 Å². The van der Waals surface area contributed by atoms with Crippen molar-refractivity contribution in [3.63, 3.8) is 0 Å². The number of ketones is 2. The number of benzene rings is 6. The maximum Gasteiger partial charge on any atom is 0.347 e. The fraction of sp³-hybridized carbons (Fsp3) is 0.207. The van der Waals surface area contributed by atoms with Gasteiger partial charge in [-0.3, -0.25) is 9.59 Å². The molecular weight excluding hydrogens is 889 g/mol. The lowest BCUT2D eigenvalue weighted by molar-refractivity contribution is 0.0333. The molecule has 2 heterocycles. The molecule has 4 bridgehead atoms. The van der Waals surface area contributed by atoms with Crippen molar-refractivity contribution in [2.24, 2.45) is 0 Å². The summed E-state index contributed by atoms with van der Waals surface area (Å²) in [5, 5.41) is 0. The number of esters is 4. The molecule has 0 N–H and O–H groups in total. The summed E-state index contributed by atoms with van der Waals surface area (Å²) in [5.74, 6) is -2.49. The van der Waals surface area contributed by atoms with E-state index in [9.17, 15) is 28.8 Å². The molecule has 0 aromatic heterocycles. The van der Waals surface area contributed by atoms with Crippen molar-refractivity contribution in [1.82, 2.24) is 0 Å². The summed E-state index contributed by atoms with van der Waals surface area (Å²) in [6, 6.07) is 38.8. The third kappa shape index (κ3) is 12.6. The average Bonchev–Trinajstić information content (AvgIpc) is 3.40. The van der Waals surface area contributed by atoms with Gasteiger partial charge in [0.1, 0.15) is 23.0 Å². The number of hydrogen-bond donors (Lipinski definition) is 0. The topological polar surface area (TPSA) is 158 Å². The lowest BCUT2D eigenvalue weighted by atomic mass is 9.95. The van der Waals surface area contributed by atoms with E-state index in [1.165, 1.54) is 24.3 Å². The van der Waals surface area contributed by atoms with Crippen molar-refractivity contribution < 1.29 is 57.2 Å². The number of cyclic esters (lactones) is 2. The lowest BCUT2D eigenvalue weighted by Gasteiger charge is -2.17. The Kier molecular flexibility index (Phi) is 16.2. The van der Waals surface area contributed by atoms with Crippen LogP contribution in [0.5, 0.6) is 23.0 Å². The van der Waals surface area contributed by atoms with Crippen LogP contribution in [0.1, 0.15) is 125 Å². The first-order valence-electron chi connectivity index (χ1n) is 23.4. The van der Waals surface area contributed by atoms with Gasteiger partial charge in [-0.05, 0) is 123 Å². The number of allylic oxidation sites excluding steroid dienone is 2. The Morgan fingerprint density at radius 1 is 0.371 bits per heavy atom. The largest absolute Gasteiger partial charge is 0.494 e. The van der Waals surface area contributed by atoms with Crippen molar-refractivity contribution >= 4 is 47.6 Å². The molecule has 2 aliphatic heterocycles. The normalized spacial score (nSPS) is 12.7. The summed E-state index contributed by atoms with van der Waals surface area (Å²) >= 11 is 0. The van der Waals surface area contributed by atoms with Crippen molar-refractivity contribution in [1.29, 1.82) is 0 Å². The van der Waals surface area contributed by atoms with E-state index < -0.39 is 23.9 Å². The second-order valence-corrected chi connectivity index (χ2v) is 16.6. The molecule has 12 nitrogen and oxygen atoms in total. The van der Waals surface area contributed by atoms with Crippen LogP contribution in [0.25, 0.3) is 23.3 Å².